The van der Waals surface area contributed by atoms with Crippen molar-refractivity contribution in [2.45, 2.75) is 25.9 Å². The normalized spacial score (nSPS) is 18.5. The van der Waals surface area contributed by atoms with Crippen LogP contribution in [0.3, 0.4) is 0 Å². The molecule has 0 aromatic rings. The van der Waals surface area contributed by atoms with Gasteiger partial charge in [-0.25, -0.2) is 4.79 Å². The van der Waals surface area contributed by atoms with E-state index in [1.807, 2.05) is 0 Å². The fourth-order valence-electron chi connectivity index (χ4n) is 1.02. The highest BCUT2D eigenvalue weighted by atomic mass is 16.5. The van der Waals surface area contributed by atoms with Crippen LogP contribution < -0.4 is 0 Å². The van der Waals surface area contributed by atoms with Crippen LogP contribution in [-0.2, 0) is 14.3 Å². The van der Waals surface area contributed by atoms with E-state index < -0.39 is 12.1 Å². The number of carboxylic acids is 1. The summed E-state index contributed by atoms with van der Waals surface area (Å²) in [6.07, 6.45) is 1.63. The van der Waals surface area contributed by atoms with E-state index in [1.165, 1.54) is 12.8 Å². The summed E-state index contributed by atoms with van der Waals surface area (Å²) in [5.41, 5.74) is 0. The Morgan fingerprint density at radius 1 is 1.62 bits per heavy atom. The van der Waals surface area contributed by atoms with E-state index in [0.29, 0.717) is 19.1 Å². The second-order valence-electron chi connectivity index (χ2n) is 3.26. The zero-order valence-electron chi connectivity index (χ0n) is 7.86. The van der Waals surface area contributed by atoms with Crippen molar-refractivity contribution in [3.63, 3.8) is 0 Å². The highest BCUT2D eigenvalue weighted by molar-refractivity contribution is 5.72. The zero-order valence-corrected chi connectivity index (χ0v) is 7.86. The molecule has 76 valence electrons. The highest BCUT2D eigenvalue weighted by Crippen LogP contribution is 2.28. The first-order chi connectivity index (χ1) is 6.24. The van der Waals surface area contributed by atoms with E-state index in [0.717, 1.165) is 0 Å². The van der Waals surface area contributed by atoms with Gasteiger partial charge in [-0.2, -0.15) is 0 Å². The quantitative estimate of drug-likeness (QED) is 0.645. The Morgan fingerprint density at radius 3 is 2.77 bits per heavy atom. The van der Waals surface area contributed by atoms with Gasteiger partial charge in [0.15, 0.2) is 6.10 Å². The lowest BCUT2D eigenvalue weighted by Crippen LogP contribution is -2.29. The summed E-state index contributed by atoms with van der Waals surface area (Å²) >= 11 is 0. The predicted molar refractivity (Wildman–Crippen MR) is 46.6 cm³/mol. The number of carbonyl (C=O) groups is 1. The molecule has 1 N–H and O–H groups in total. The van der Waals surface area contributed by atoms with Crippen molar-refractivity contribution >= 4 is 5.97 Å². The van der Waals surface area contributed by atoms with Gasteiger partial charge in [-0.3, -0.25) is 0 Å². The van der Waals surface area contributed by atoms with Crippen LogP contribution in [0, 0.1) is 5.92 Å². The standard InChI is InChI=1S/C9H16O4/c1-2-13-8(9(10)11)6-12-5-7-3-4-7/h7-8H,2-6H2,1H3,(H,10,11). The van der Waals surface area contributed by atoms with E-state index in [2.05, 4.69) is 0 Å². The van der Waals surface area contributed by atoms with Gasteiger partial charge in [0.1, 0.15) is 0 Å². The molecule has 0 spiro atoms. The molecule has 4 nitrogen and oxygen atoms in total. The first-order valence-corrected chi connectivity index (χ1v) is 4.66. The monoisotopic (exact) mass is 188 g/mol. The number of rotatable bonds is 7. The molecule has 1 atom stereocenters. The summed E-state index contributed by atoms with van der Waals surface area (Å²) in [6, 6.07) is 0. The molecule has 0 saturated heterocycles. The molecule has 0 amide bonds. The molecule has 1 fully saturated rings. The summed E-state index contributed by atoms with van der Waals surface area (Å²) < 4.78 is 10.2. The summed E-state index contributed by atoms with van der Waals surface area (Å²) in [6.45, 7) is 3.02. The molecule has 0 heterocycles. The molecule has 1 unspecified atom stereocenters. The molecule has 1 rings (SSSR count). The maximum Gasteiger partial charge on any atom is 0.335 e. The van der Waals surface area contributed by atoms with E-state index in [9.17, 15) is 4.79 Å². The number of hydrogen-bond donors (Lipinski definition) is 1. The molecular weight excluding hydrogens is 172 g/mol. The second-order valence-corrected chi connectivity index (χ2v) is 3.26. The highest BCUT2D eigenvalue weighted by Gasteiger charge is 2.23. The Morgan fingerprint density at radius 2 is 2.31 bits per heavy atom. The fraction of sp³-hybridized carbons (Fsp3) is 0.889. The number of aliphatic carboxylic acids is 1. The molecule has 1 saturated carbocycles. The average Bonchev–Trinajstić information content (AvgIpc) is 2.86. The Balaban J connectivity index is 2.08. The van der Waals surface area contributed by atoms with Crippen molar-refractivity contribution in [1.29, 1.82) is 0 Å². The molecule has 4 heteroatoms. The Kier molecular flexibility index (Phi) is 4.18. The van der Waals surface area contributed by atoms with Crippen molar-refractivity contribution in [1.82, 2.24) is 0 Å². The van der Waals surface area contributed by atoms with Gasteiger partial charge in [0.2, 0.25) is 0 Å². The molecule has 0 aliphatic heterocycles. The van der Waals surface area contributed by atoms with Gasteiger partial charge in [-0.05, 0) is 25.7 Å². The smallest absolute Gasteiger partial charge is 0.335 e. The van der Waals surface area contributed by atoms with Crippen LogP contribution >= 0.6 is 0 Å². The molecule has 0 bridgehead atoms. The minimum atomic E-state index is -0.947. The van der Waals surface area contributed by atoms with Crippen LogP contribution in [0.5, 0.6) is 0 Å². The topological polar surface area (TPSA) is 55.8 Å². The van der Waals surface area contributed by atoms with Crippen molar-refractivity contribution < 1.29 is 19.4 Å². The Bertz CT molecular complexity index is 165. The van der Waals surface area contributed by atoms with Crippen LogP contribution in [0.2, 0.25) is 0 Å². The van der Waals surface area contributed by atoms with Gasteiger partial charge >= 0.3 is 5.97 Å². The van der Waals surface area contributed by atoms with Crippen molar-refractivity contribution in [3.8, 4) is 0 Å². The fourth-order valence-corrected chi connectivity index (χ4v) is 1.02. The first-order valence-electron chi connectivity index (χ1n) is 4.66. The SMILES string of the molecule is CCOC(COCC1CC1)C(=O)O. The summed E-state index contributed by atoms with van der Waals surface area (Å²) in [7, 11) is 0. The maximum absolute atomic E-state index is 10.6. The van der Waals surface area contributed by atoms with Gasteiger partial charge < -0.3 is 14.6 Å². The molecule has 13 heavy (non-hydrogen) atoms. The van der Waals surface area contributed by atoms with E-state index in [1.54, 1.807) is 6.92 Å². The molecule has 0 aromatic carbocycles. The molecular formula is C9H16O4. The van der Waals surface area contributed by atoms with Gasteiger partial charge in [0.25, 0.3) is 0 Å². The lowest BCUT2D eigenvalue weighted by Gasteiger charge is -2.12. The van der Waals surface area contributed by atoms with Gasteiger partial charge in [-0.15, -0.1) is 0 Å². The van der Waals surface area contributed by atoms with Crippen molar-refractivity contribution in [3.05, 3.63) is 0 Å². The summed E-state index contributed by atoms with van der Waals surface area (Å²) in [5, 5.41) is 8.68. The minimum Gasteiger partial charge on any atom is -0.479 e. The van der Waals surface area contributed by atoms with Gasteiger partial charge in [0, 0.05) is 13.2 Å². The number of ether oxygens (including phenoxy) is 2. The first kappa shape index (κ1) is 10.5. The second kappa shape index (κ2) is 5.19. The molecule has 1 aliphatic rings. The predicted octanol–water partition coefficient (Wildman–Crippen LogP) is 0.903. The van der Waals surface area contributed by atoms with Gasteiger partial charge in [-0.1, -0.05) is 0 Å². The molecule has 1 aliphatic carbocycles. The van der Waals surface area contributed by atoms with Crippen LogP contribution in [-0.4, -0.2) is 37.0 Å². The summed E-state index contributed by atoms with van der Waals surface area (Å²) in [5.74, 6) is -0.284. The van der Waals surface area contributed by atoms with Gasteiger partial charge in [0.05, 0.1) is 6.61 Å². The molecule has 0 aromatic heterocycles. The lowest BCUT2D eigenvalue weighted by atomic mass is 10.4. The van der Waals surface area contributed by atoms with Crippen LogP contribution in [0.25, 0.3) is 0 Å². The maximum atomic E-state index is 10.6. The average molecular weight is 188 g/mol. The number of carboxylic acid groups (broad SMARTS) is 1. The zero-order chi connectivity index (χ0) is 9.68. The molecule has 0 radical (unpaired) electrons. The number of hydrogen-bond acceptors (Lipinski definition) is 3. The minimum absolute atomic E-state index is 0.166. The van der Waals surface area contributed by atoms with E-state index in [4.69, 9.17) is 14.6 Å². The van der Waals surface area contributed by atoms with Crippen LogP contribution in [0.15, 0.2) is 0 Å². The third kappa shape index (κ3) is 4.24. The summed E-state index contributed by atoms with van der Waals surface area (Å²) in [4.78, 5) is 10.6. The Labute approximate surface area is 77.8 Å². The van der Waals surface area contributed by atoms with E-state index >= 15 is 0 Å². The lowest BCUT2D eigenvalue weighted by molar-refractivity contribution is -0.154. The van der Waals surface area contributed by atoms with Crippen molar-refractivity contribution in [2.75, 3.05) is 19.8 Å². The van der Waals surface area contributed by atoms with Crippen molar-refractivity contribution in [2.24, 2.45) is 5.92 Å². The third-order valence-corrected chi connectivity index (χ3v) is 1.96. The van der Waals surface area contributed by atoms with Crippen LogP contribution in [0.1, 0.15) is 19.8 Å². The van der Waals surface area contributed by atoms with E-state index in [-0.39, 0.29) is 6.61 Å². The largest absolute Gasteiger partial charge is 0.479 e. The Hall–Kier alpha value is -0.610. The van der Waals surface area contributed by atoms with Crippen LogP contribution in [0.4, 0.5) is 0 Å². The third-order valence-electron chi connectivity index (χ3n) is 1.96.